The predicted octanol–water partition coefficient (Wildman–Crippen LogP) is 6.82. The molecule has 184 valence electrons. The Morgan fingerprint density at radius 2 is 1.57 bits per heavy atom. The summed E-state index contributed by atoms with van der Waals surface area (Å²) in [6.45, 7) is -2.95. The molecule has 0 aliphatic rings. The molecule has 5 rings (SSSR count). The number of imidazole rings is 1. The van der Waals surface area contributed by atoms with E-state index in [1.165, 1.54) is 6.07 Å². The number of para-hydroxylation sites is 3. The number of pyridine rings is 1. The minimum Gasteiger partial charge on any atom is -0.497 e. The quantitative estimate of drug-likeness (QED) is 0.247. The summed E-state index contributed by atoms with van der Waals surface area (Å²) in [5, 5.41) is 10.1. The minimum absolute atomic E-state index is 0.0395. The zero-order valence-corrected chi connectivity index (χ0v) is 20.0. The van der Waals surface area contributed by atoms with Crippen LogP contribution in [0.3, 0.4) is 0 Å². The van der Waals surface area contributed by atoms with E-state index >= 15 is 0 Å². The molecule has 0 fully saturated rings. The van der Waals surface area contributed by atoms with Gasteiger partial charge in [-0.3, -0.25) is 4.40 Å². The van der Waals surface area contributed by atoms with E-state index in [2.05, 4.69) is 10.8 Å². The number of ether oxygens (including phenoxy) is 3. The van der Waals surface area contributed by atoms with Crippen molar-refractivity contribution in [3.63, 3.8) is 0 Å². The molecule has 0 saturated heterocycles. The van der Waals surface area contributed by atoms with Gasteiger partial charge in [0, 0.05) is 17.2 Å². The molecule has 0 saturated carbocycles. The molecule has 0 spiro atoms. The van der Waals surface area contributed by atoms with Crippen LogP contribution in [0.25, 0.3) is 40.1 Å². The third-order valence-corrected chi connectivity index (χ3v) is 5.94. The van der Waals surface area contributed by atoms with Gasteiger partial charge in [0.05, 0.1) is 30.9 Å². The van der Waals surface area contributed by atoms with Crippen LogP contribution in [0.1, 0.15) is 16.7 Å². The van der Waals surface area contributed by atoms with Crippen LogP contribution in [0, 0.1) is 11.3 Å². The zero-order chi connectivity index (χ0) is 25.9. The van der Waals surface area contributed by atoms with Crippen molar-refractivity contribution in [1.29, 1.82) is 5.26 Å². The number of aromatic nitrogens is 2. The van der Waals surface area contributed by atoms with Crippen molar-refractivity contribution >= 4 is 28.8 Å². The van der Waals surface area contributed by atoms with Crippen LogP contribution in [0.15, 0.2) is 72.8 Å². The topological polar surface area (TPSA) is 68.8 Å². The Balaban J connectivity index is 1.78. The molecule has 0 amide bonds. The lowest BCUT2D eigenvalue weighted by Crippen LogP contribution is -2.03. The monoisotopic (exact) mass is 497 g/mol. The second-order valence-corrected chi connectivity index (χ2v) is 8.08. The Kier molecular flexibility index (Phi) is 6.43. The molecule has 37 heavy (non-hydrogen) atoms. The van der Waals surface area contributed by atoms with Gasteiger partial charge in [0.25, 0.3) is 0 Å². The molecule has 0 aliphatic carbocycles. The highest BCUT2D eigenvalue weighted by Gasteiger charge is 2.18. The van der Waals surface area contributed by atoms with Crippen molar-refractivity contribution in [2.75, 3.05) is 14.2 Å². The first kappa shape index (κ1) is 23.8. The fourth-order valence-electron chi connectivity index (χ4n) is 4.27. The molecular weight excluding hydrogens is 476 g/mol. The second kappa shape index (κ2) is 9.99. The summed E-state index contributed by atoms with van der Waals surface area (Å²) in [6.07, 6.45) is 3.34. The molecule has 5 aromatic rings. The van der Waals surface area contributed by atoms with Crippen LogP contribution < -0.4 is 14.2 Å². The Morgan fingerprint density at radius 3 is 2.27 bits per heavy atom. The Labute approximate surface area is 211 Å². The van der Waals surface area contributed by atoms with Crippen molar-refractivity contribution in [1.82, 2.24) is 9.38 Å². The van der Waals surface area contributed by atoms with Crippen LogP contribution >= 0.6 is 0 Å². The van der Waals surface area contributed by atoms with E-state index in [4.69, 9.17) is 14.5 Å². The smallest absolute Gasteiger partial charge is 0.387 e. The average molecular weight is 498 g/mol. The zero-order valence-electron chi connectivity index (χ0n) is 20.0. The maximum atomic E-state index is 12.9. The summed E-state index contributed by atoms with van der Waals surface area (Å²) >= 11 is 0. The first-order valence-corrected chi connectivity index (χ1v) is 11.3. The molecule has 8 heteroatoms. The van der Waals surface area contributed by atoms with Crippen LogP contribution in [0.4, 0.5) is 8.78 Å². The predicted molar refractivity (Wildman–Crippen MR) is 138 cm³/mol. The molecular formula is C29H21F2N3O3. The highest BCUT2D eigenvalue weighted by molar-refractivity contribution is 5.89. The number of benzene rings is 3. The van der Waals surface area contributed by atoms with Gasteiger partial charge in [-0.2, -0.15) is 14.0 Å². The fourth-order valence-corrected chi connectivity index (χ4v) is 4.27. The summed E-state index contributed by atoms with van der Waals surface area (Å²) in [5.74, 6) is 1.25. The van der Waals surface area contributed by atoms with Crippen molar-refractivity contribution in [2.45, 2.75) is 6.61 Å². The van der Waals surface area contributed by atoms with Gasteiger partial charge in [0.1, 0.15) is 28.9 Å². The summed E-state index contributed by atoms with van der Waals surface area (Å²) < 4.78 is 43.3. The van der Waals surface area contributed by atoms with Crippen LogP contribution in [0.2, 0.25) is 0 Å². The Bertz CT molecular complexity index is 1660. The minimum atomic E-state index is -2.95. The molecule has 3 aromatic carbocycles. The van der Waals surface area contributed by atoms with Gasteiger partial charge in [-0.05, 0) is 42.0 Å². The van der Waals surface area contributed by atoms with Gasteiger partial charge in [0.15, 0.2) is 5.65 Å². The number of methoxy groups -OCH3 is 2. The summed E-state index contributed by atoms with van der Waals surface area (Å²) in [6, 6.07) is 23.7. The number of alkyl halides is 2. The van der Waals surface area contributed by atoms with E-state index in [1.54, 1.807) is 50.6 Å². The van der Waals surface area contributed by atoms with Crippen LogP contribution in [0.5, 0.6) is 17.2 Å². The van der Waals surface area contributed by atoms with Crippen molar-refractivity contribution in [2.24, 2.45) is 0 Å². The van der Waals surface area contributed by atoms with E-state index in [-0.39, 0.29) is 5.75 Å². The number of rotatable bonds is 7. The molecule has 0 unspecified atom stereocenters. The first-order chi connectivity index (χ1) is 18.0. The van der Waals surface area contributed by atoms with E-state index in [9.17, 15) is 14.0 Å². The molecule has 6 nitrogen and oxygen atoms in total. The number of hydrogen-bond donors (Lipinski definition) is 0. The lowest BCUT2D eigenvalue weighted by Gasteiger charge is -2.13. The highest BCUT2D eigenvalue weighted by Crippen LogP contribution is 2.35. The van der Waals surface area contributed by atoms with E-state index in [0.717, 1.165) is 22.3 Å². The number of halogens is 2. The maximum Gasteiger partial charge on any atom is 0.387 e. The van der Waals surface area contributed by atoms with Gasteiger partial charge in [-0.25, -0.2) is 4.98 Å². The van der Waals surface area contributed by atoms with Gasteiger partial charge in [-0.15, -0.1) is 0 Å². The molecule has 0 atom stereocenters. The van der Waals surface area contributed by atoms with Crippen molar-refractivity contribution in [3.05, 3.63) is 89.5 Å². The SMILES string of the molecule is COc1cc(OC)cc(-c2cc(C=Cc3ccccc3OC(F)F)c(C#N)c3nc4ccccc4n23)c1. The Hall–Kier alpha value is -4.90. The van der Waals surface area contributed by atoms with Crippen molar-refractivity contribution < 1.29 is 23.0 Å². The van der Waals surface area contributed by atoms with E-state index in [0.29, 0.717) is 33.8 Å². The van der Waals surface area contributed by atoms with Crippen molar-refractivity contribution in [3.8, 4) is 34.6 Å². The lowest BCUT2D eigenvalue weighted by molar-refractivity contribution is -0.0499. The summed E-state index contributed by atoms with van der Waals surface area (Å²) in [7, 11) is 3.15. The number of fused-ring (bicyclic) bond motifs is 3. The van der Waals surface area contributed by atoms with Gasteiger partial charge >= 0.3 is 6.61 Å². The second-order valence-electron chi connectivity index (χ2n) is 8.08. The molecule has 0 bridgehead atoms. The van der Waals surface area contributed by atoms with Gasteiger partial charge in [-0.1, -0.05) is 42.5 Å². The van der Waals surface area contributed by atoms with Gasteiger partial charge in [0.2, 0.25) is 0 Å². The largest absolute Gasteiger partial charge is 0.497 e. The van der Waals surface area contributed by atoms with E-state index in [1.807, 2.05) is 46.9 Å². The molecule has 2 heterocycles. The molecule has 0 N–H and O–H groups in total. The number of nitriles is 1. The summed E-state index contributed by atoms with van der Waals surface area (Å²) in [4.78, 5) is 4.75. The summed E-state index contributed by atoms with van der Waals surface area (Å²) in [5.41, 5.74) is 4.92. The number of hydrogen-bond acceptors (Lipinski definition) is 5. The van der Waals surface area contributed by atoms with Crippen LogP contribution in [-0.4, -0.2) is 30.2 Å². The molecule has 2 aromatic heterocycles. The fraction of sp³-hybridized carbons (Fsp3) is 0.103. The maximum absolute atomic E-state index is 12.9. The third kappa shape index (κ3) is 4.55. The van der Waals surface area contributed by atoms with Gasteiger partial charge < -0.3 is 14.2 Å². The first-order valence-electron chi connectivity index (χ1n) is 11.3. The number of nitrogens with zero attached hydrogens (tertiary/aromatic N) is 3. The van der Waals surface area contributed by atoms with Crippen LogP contribution in [-0.2, 0) is 0 Å². The standard InChI is InChI=1S/C29H21F2N3O3/c1-35-21-13-20(14-22(16-21)36-2)26-15-19(12-11-18-7-3-6-10-27(18)37-29(30)31)23(17-32)28-33-24-8-4-5-9-25(24)34(26)28/h3-16,29H,1-2H3. The third-order valence-electron chi connectivity index (χ3n) is 5.94. The highest BCUT2D eigenvalue weighted by atomic mass is 19.3. The molecule has 0 radical (unpaired) electrons. The van der Waals surface area contributed by atoms with E-state index < -0.39 is 6.61 Å². The normalized spacial score (nSPS) is 11.4. The average Bonchev–Trinajstić information content (AvgIpc) is 3.30. The molecule has 0 aliphatic heterocycles. The Morgan fingerprint density at radius 1 is 0.892 bits per heavy atom. The lowest BCUT2D eigenvalue weighted by atomic mass is 10.0.